The summed E-state index contributed by atoms with van der Waals surface area (Å²) in [6.07, 6.45) is 2.86. The fourth-order valence-corrected chi connectivity index (χ4v) is 3.27. The van der Waals surface area contributed by atoms with Crippen LogP contribution in [0.3, 0.4) is 0 Å². The van der Waals surface area contributed by atoms with E-state index in [2.05, 4.69) is 15.5 Å². The molecule has 0 saturated carbocycles. The van der Waals surface area contributed by atoms with Crippen LogP contribution in [-0.2, 0) is 9.53 Å². The van der Waals surface area contributed by atoms with Gasteiger partial charge in [-0.2, -0.15) is 0 Å². The standard InChI is InChI=1S/C22H28N4O4/c1-2-4-20(27)24-17-6-8-18(9-7-17)26-11-3-5-19(22(26)29)21(28)23-10-12-25-13-15-30-16-14-25/h3,5-9,11H,2,4,10,12-16H2,1H3,(H,23,28)(H,24,27). The van der Waals surface area contributed by atoms with Gasteiger partial charge in [0.05, 0.1) is 13.2 Å². The molecule has 1 aliphatic rings. The molecule has 0 unspecified atom stereocenters. The second-order valence-corrected chi connectivity index (χ2v) is 7.15. The van der Waals surface area contributed by atoms with Crippen molar-refractivity contribution in [1.29, 1.82) is 0 Å². The Bertz CT molecular complexity index is 917. The van der Waals surface area contributed by atoms with Gasteiger partial charge in [-0.15, -0.1) is 0 Å². The lowest BCUT2D eigenvalue weighted by molar-refractivity contribution is -0.116. The van der Waals surface area contributed by atoms with Gasteiger partial charge >= 0.3 is 0 Å². The lowest BCUT2D eigenvalue weighted by atomic mass is 10.2. The van der Waals surface area contributed by atoms with Crippen LogP contribution in [0.4, 0.5) is 5.69 Å². The van der Waals surface area contributed by atoms with E-state index >= 15 is 0 Å². The second kappa shape index (κ2) is 10.7. The van der Waals surface area contributed by atoms with Crippen LogP contribution in [0.1, 0.15) is 30.1 Å². The summed E-state index contributed by atoms with van der Waals surface area (Å²) in [5.41, 5.74) is 1.00. The summed E-state index contributed by atoms with van der Waals surface area (Å²) < 4.78 is 6.74. The monoisotopic (exact) mass is 412 g/mol. The number of nitrogens with zero attached hydrogens (tertiary/aromatic N) is 2. The molecule has 1 saturated heterocycles. The number of pyridine rings is 1. The van der Waals surface area contributed by atoms with Crippen LogP contribution in [0.2, 0.25) is 0 Å². The van der Waals surface area contributed by atoms with Crippen LogP contribution in [-0.4, -0.2) is 60.7 Å². The lowest BCUT2D eigenvalue weighted by Gasteiger charge is -2.26. The molecule has 0 bridgehead atoms. The number of carbonyl (C=O) groups excluding carboxylic acids is 2. The Labute approximate surface area is 175 Å². The van der Waals surface area contributed by atoms with Crippen molar-refractivity contribution in [1.82, 2.24) is 14.8 Å². The van der Waals surface area contributed by atoms with Crippen molar-refractivity contribution < 1.29 is 14.3 Å². The third kappa shape index (κ3) is 5.77. The largest absolute Gasteiger partial charge is 0.379 e. The topological polar surface area (TPSA) is 92.7 Å². The first-order chi connectivity index (χ1) is 14.6. The van der Waals surface area contributed by atoms with E-state index in [1.165, 1.54) is 10.6 Å². The summed E-state index contributed by atoms with van der Waals surface area (Å²) in [5, 5.41) is 5.64. The van der Waals surface area contributed by atoms with Crippen molar-refractivity contribution in [2.45, 2.75) is 19.8 Å². The molecule has 2 amide bonds. The second-order valence-electron chi connectivity index (χ2n) is 7.15. The number of hydrogen-bond donors (Lipinski definition) is 2. The molecule has 1 aromatic heterocycles. The van der Waals surface area contributed by atoms with Crippen LogP contribution in [0, 0.1) is 0 Å². The first-order valence-corrected chi connectivity index (χ1v) is 10.3. The number of rotatable bonds is 8. The van der Waals surface area contributed by atoms with E-state index in [1.54, 1.807) is 36.5 Å². The Morgan fingerprint density at radius 1 is 1.10 bits per heavy atom. The molecule has 1 aromatic carbocycles. The average Bonchev–Trinajstić information content (AvgIpc) is 2.75. The van der Waals surface area contributed by atoms with Gasteiger partial charge in [0.1, 0.15) is 5.56 Å². The van der Waals surface area contributed by atoms with Gasteiger partial charge in [-0.25, -0.2) is 0 Å². The molecule has 1 aliphatic heterocycles. The molecule has 0 aliphatic carbocycles. The normalized spacial score (nSPS) is 14.3. The van der Waals surface area contributed by atoms with E-state index in [-0.39, 0.29) is 22.9 Å². The summed E-state index contributed by atoms with van der Waals surface area (Å²) in [5.74, 6) is -0.427. The van der Waals surface area contributed by atoms with Crippen LogP contribution in [0.5, 0.6) is 0 Å². The summed E-state index contributed by atoms with van der Waals surface area (Å²) in [6.45, 7) is 6.25. The maximum absolute atomic E-state index is 12.8. The zero-order valence-corrected chi connectivity index (χ0v) is 17.2. The van der Waals surface area contributed by atoms with Gasteiger partial charge in [0.25, 0.3) is 11.5 Å². The van der Waals surface area contributed by atoms with Gasteiger partial charge in [0.15, 0.2) is 0 Å². The fraction of sp³-hybridized carbons (Fsp3) is 0.409. The number of nitrogens with one attached hydrogen (secondary N) is 2. The highest BCUT2D eigenvalue weighted by molar-refractivity contribution is 5.94. The Balaban J connectivity index is 1.64. The maximum atomic E-state index is 12.8. The molecule has 2 aromatic rings. The molecule has 3 rings (SSSR count). The Kier molecular flexibility index (Phi) is 7.75. The molecule has 0 atom stereocenters. The number of ether oxygens (including phenoxy) is 1. The van der Waals surface area contributed by atoms with E-state index in [1.807, 2.05) is 6.92 Å². The van der Waals surface area contributed by atoms with Crippen molar-refractivity contribution in [3.63, 3.8) is 0 Å². The molecule has 2 N–H and O–H groups in total. The lowest BCUT2D eigenvalue weighted by Crippen LogP contribution is -2.42. The van der Waals surface area contributed by atoms with Crippen LogP contribution in [0.15, 0.2) is 47.4 Å². The number of benzene rings is 1. The average molecular weight is 412 g/mol. The molecular weight excluding hydrogens is 384 g/mol. The third-order valence-corrected chi connectivity index (χ3v) is 4.92. The maximum Gasteiger partial charge on any atom is 0.267 e. The van der Waals surface area contributed by atoms with E-state index in [0.717, 1.165) is 26.1 Å². The minimum absolute atomic E-state index is 0.0434. The quantitative estimate of drug-likeness (QED) is 0.688. The van der Waals surface area contributed by atoms with Gasteiger partial charge in [-0.05, 0) is 42.8 Å². The molecule has 1 fully saturated rings. The summed E-state index contributed by atoms with van der Waals surface area (Å²) in [6, 6.07) is 10.2. The first-order valence-electron chi connectivity index (χ1n) is 10.3. The third-order valence-electron chi connectivity index (χ3n) is 4.92. The molecule has 2 heterocycles. The van der Waals surface area contributed by atoms with Gasteiger partial charge in [-0.1, -0.05) is 6.92 Å². The molecule has 0 radical (unpaired) electrons. The number of anilines is 1. The highest BCUT2D eigenvalue weighted by atomic mass is 16.5. The number of carbonyl (C=O) groups is 2. The van der Waals surface area contributed by atoms with Crippen molar-refractivity contribution in [2.24, 2.45) is 0 Å². The zero-order valence-electron chi connectivity index (χ0n) is 17.2. The zero-order chi connectivity index (χ0) is 21.3. The van der Waals surface area contributed by atoms with Crippen molar-refractivity contribution in [2.75, 3.05) is 44.7 Å². The Morgan fingerprint density at radius 3 is 2.53 bits per heavy atom. The van der Waals surface area contributed by atoms with Crippen molar-refractivity contribution in [3.05, 3.63) is 58.5 Å². The predicted molar refractivity (Wildman–Crippen MR) is 115 cm³/mol. The van der Waals surface area contributed by atoms with Crippen LogP contribution < -0.4 is 16.2 Å². The van der Waals surface area contributed by atoms with E-state index < -0.39 is 0 Å². The molecule has 8 heteroatoms. The first kappa shape index (κ1) is 21.7. The van der Waals surface area contributed by atoms with Crippen LogP contribution >= 0.6 is 0 Å². The molecule has 0 spiro atoms. The van der Waals surface area contributed by atoms with E-state index in [9.17, 15) is 14.4 Å². The Morgan fingerprint density at radius 2 is 1.83 bits per heavy atom. The number of hydrogen-bond acceptors (Lipinski definition) is 5. The van der Waals surface area contributed by atoms with Crippen molar-refractivity contribution in [3.8, 4) is 5.69 Å². The summed E-state index contributed by atoms with van der Waals surface area (Å²) in [7, 11) is 0. The van der Waals surface area contributed by atoms with Gasteiger partial charge in [0.2, 0.25) is 5.91 Å². The van der Waals surface area contributed by atoms with E-state index in [4.69, 9.17) is 4.74 Å². The highest BCUT2D eigenvalue weighted by Gasteiger charge is 2.14. The van der Waals surface area contributed by atoms with Gasteiger partial charge in [0, 0.05) is 50.2 Å². The smallest absolute Gasteiger partial charge is 0.267 e. The fourth-order valence-electron chi connectivity index (χ4n) is 3.27. The Hall–Kier alpha value is -2.97. The summed E-state index contributed by atoms with van der Waals surface area (Å²) in [4.78, 5) is 39.3. The molecular formula is C22H28N4O4. The minimum atomic E-state index is -0.385. The SMILES string of the molecule is CCCC(=O)Nc1ccc(-n2cccc(C(=O)NCCN3CCOCC3)c2=O)cc1. The predicted octanol–water partition coefficient (Wildman–Crippen LogP) is 1.64. The van der Waals surface area contributed by atoms with Gasteiger partial charge in [-0.3, -0.25) is 23.9 Å². The minimum Gasteiger partial charge on any atom is -0.379 e. The number of amides is 2. The van der Waals surface area contributed by atoms with Crippen LogP contribution in [0.25, 0.3) is 5.69 Å². The van der Waals surface area contributed by atoms with Crippen molar-refractivity contribution >= 4 is 17.5 Å². The summed E-state index contributed by atoms with van der Waals surface area (Å²) >= 11 is 0. The van der Waals surface area contributed by atoms with Gasteiger partial charge < -0.3 is 15.4 Å². The molecule has 30 heavy (non-hydrogen) atoms. The molecule has 8 nitrogen and oxygen atoms in total. The number of aromatic nitrogens is 1. The number of morpholine rings is 1. The van der Waals surface area contributed by atoms with E-state index in [0.29, 0.717) is 37.6 Å². The molecule has 160 valence electrons. The highest BCUT2D eigenvalue weighted by Crippen LogP contribution is 2.13.